The number of halogens is 1. The number of rotatable bonds is 7. The Morgan fingerprint density at radius 3 is 2.88 bits per heavy atom. The number of aromatic nitrogens is 1. The molecule has 7 nitrogen and oxygen atoms in total. The minimum absolute atomic E-state index is 0.106. The van der Waals surface area contributed by atoms with Gasteiger partial charge >= 0.3 is 0 Å². The highest BCUT2D eigenvalue weighted by Crippen LogP contribution is 2.24. The van der Waals surface area contributed by atoms with E-state index in [0.29, 0.717) is 29.1 Å². The number of nitrogens with zero attached hydrogens (tertiary/aromatic N) is 2. The molecular weight excluding hydrogens is 344 g/mol. The van der Waals surface area contributed by atoms with E-state index in [2.05, 4.69) is 10.3 Å². The third-order valence-corrected chi connectivity index (χ3v) is 4.24. The zero-order chi connectivity index (χ0) is 17.5. The van der Waals surface area contributed by atoms with E-state index in [0.717, 1.165) is 32.8 Å². The number of quaternary nitrogens is 1. The molecule has 2 aromatic rings. The number of ether oxygens (including phenoxy) is 2. The number of para-hydroxylation sites is 1. The van der Waals surface area contributed by atoms with E-state index in [4.69, 9.17) is 25.5 Å². The summed E-state index contributed by atoms with van der Waals surface area (Å²) >= 11 is 6.04. The largest absolute Gasteiger partial charge is 0.482 e. The summed E-state index contributed by atoms with van der Waals surface area (Å²) in [4.78, 5) is 5.63. The molecule has 0 saturated carbocycles. The van der Waals surface area contributed by atoms with Gasteiger partial charge in [-0.3, -0.25) is 0 Å². The molecule has 1 aromatic heterocycles. The summed E-state index contributed by atoms with van der Waals surface area (Å²) in [5.41, 5.74) is 0.231. The lowest BCUT2D eigenvalue weighted by atomic mass is 10.3. The van der Waals surface area contributed by atoms with Gasteiger partial charge in [0.05, 0.1) is 31.3 Å². The molecular formula is C17H20ClN4O3+. The van der Waals surface area contributed by atoms with Gasteiger partial charge in [0.1, 0.15) is 24.9 Å². The van der Waals surface area contributed by atoms with E-state index in [-0.39, 0.29) is 12.3 Å². The molecule has 1 aliphatic rings. The molecule has 132 valence electrons. The zero-order valence-electron chi connectivity index (χ0n) is 13.8. The predicted molar refractivity (Wildman–Crippen MR) is 91.9 cm³/mol. The molecule has 0 amide bonds. The lowest BCUT2D eigenvalue weighted by Gasteiger charge is -2.23. The van der Waals surface area contributed by atoms with Gasteiger partial charge in [-0.15, -0.1) is 0 Å². The normalized spacial score (nSPS) is 14.9. The van der Waals surface area contributed by atoms with Crippen LogP contribution in [0.15, 0.2) is 28.7 Å². The molecule has 25 heavy (non-hydrogen) atoms. The molecule has 1 fully saturated rings. The first-order valence-corrected chi connectivity index (χ1v) is 8.56. The van der Waals surface area contributed by atoms with Crippen molar-refractivity contribution in [2.45, 2.75) is 6.61 Å². The Kier molecular flexibility index (Phi) is 6.12. The van der Waals surface area contributed by atoms with Gasteiger partial charge in [0, 0.05) is 0 Å². The van der Waals surface area contributed by atoms with Crippen molar-refractivity contribution in [3.05, 3.63) is 40.9 Å². The monoisotopic (exact) mass is 363 g/mol. The Labute approximate surface area is 151 Å². The van der Waals surface area contributed by atoms with Crippen molar-refractivity contribution in [2.75, 3.05) is 44.7 Å². The molecule has 1 aromatic carbocycles. The highest BCUT2D eigenvalue weighted by molar-refractivity contribution is 6.32. The molecule has 1 aliphatic heterocycles. The topological polar surface area (TPSA) is 84.8 Å². The van der Waals surface area contributed by atoms with Gasteiger partial charge < -0.3 is 24.1 Å². The minimum atomic E-state index is 0.106. The number of nitrogens with one attached hydrogen (secondary N) is 2. The zero-order valence-corrected chi connectivity index (χ0v) is 14.5. The Hall–Kier alpha value is -2.27. The first-order valence-electron chi connectivity index (χ1n) is 8.18. The van der Waals surface area contributed by atoms with Crippen LogP contribution in [0, 0.1) is 11.3 Å². The van der Waals surface area contributed by atoms with Crippen LogP contribution in [-0.4, -0.2) is 44.4 Å². The van der Waals surface area contributed by atoms with Crippen molar-refractivity contribution in [1.29, 1.82) is 5.26 Å². The highest BCUT2D eigenvalue weighted by Gasteiger charge is 2.16. The molecule has 3 rings (SSSR count). The summed E-state index contributed by atoms with van der Waals surface area (Å²) in [5, 5.41) is 12.9. The fourth-order valence-corrected chi connectivity index (χ4v) is 2.78. The van der Waals surface area contributed by atoms with Crippen molar-refractivity contribution < 1.29 is 18.8 Å². The van der Waals surface area contributed by atoms with E-state index < -0.39 is 0 Å². The number of nitriles is 1. The second kappa shape index (κ2) is 8.72. The Morgan fingerprint density at radius 2 is 2.12 bits per heavy atom. The van der Waals surface area contributed by atoms with Crippen molar-refractivity contribution in [2.24, 2.45) is 0 Å². The van der Waals surface area contributed by atoms with Crippen LogP contribution in [0.3, 0.4) is 0 Å². The van der Waals surface area contributed by atoms with E-state index in [9.17, 15) is 5.26 Å². The van der Waals surface area contributed by atoms with Crippen LogP contribution < -0.4 is 15.0 Å². The summed E-state index contributed by atoms with van der Waals surface area (Å²) in [6.07, 6.45) is 0. The highest BCUT2D eigenvalue weighted by atomic mass is 35.5. The molecule has 0 radical (unpaired) electrons. The first kappa shape index (κ1) is 17.5. The van der Waals surface area contributed by atoms with Gasteiger partial charge in [-0.05, 0) is 12.1 Å². The maximum atomic E-state index is 9.21. The molecule has 1 saturated heterocycles. The predicted octanol–water partition coefficient (Wildman–Crippen LogP) is 1.11. The smallest absolute Gasteiger partial charge is 0.236 e. The second-order valence-electron chi connectivity index (χ2n) is 5.66. The standard InChI is InChI=1S/C17H19ClN4O3/c18-13-3-1-2-4-15(13)24-12-16-21-14(11-19)17(25-16)20-5-6-22-7-9-23-10-8-22/h1-4,20H,5-10,12H2/p+1. The average Bonchev–Trinajstić information content (AvgIpc) is 3.04. The number of oxazole rings is 1. The summed E-state index contributed by atoms with van der Waals surface area (Å²) in [6.45, 7) is 5.33. The molecule has 0 aliphatic carbocycles. The van der Waals surface area contributed by atoms with Crippen LogP contribution in [0.5, 0.6) is 5.75 Å². The minimum Gasteiger partial charge on any atom is -0.482 e. The average molecular weight is 364 g/mol. The maximum Gasteiger partial charge on any atom is 0.236 e. The van der Waals surface area contributed by atoms with Crippen molar-refractivity contribution in [1.82, 2.24) is 4.98 Å². The Balaban J connectivity index is 1.54. The molecule has 8 heteroatoms. The molecule has 0 unspecified atom stereocenters. The van der Waals surface area contributed by atoms with Crippen LogP contribution in [0.2, 0.25) is 5.02 Å². The van der Waals surface area contributed by atoms with Gasteiger partial charge in [0.15, 0.2) is 6.61 Å². The third kappa shape index (κ3) is 4.86. The number of morpholine rings is 1. The molecule has 0 spiro atoms. The first-order chi connectivity index (χ1) is 12.3. The molecule has 2 N–H and O–H groups in total. The van der Waals surface area contributed by atoms with Crippen molar-refractivity contribution in [3.63, 3.8) is 0 Å². The van der Waals surface area contributed by atoms with Gasteiger partial charge in [-0.1, -0.05) is 23.7 Å². The lowest BCUT2D eigenvalue weighted by Crippen LogP contribution is -3.14. The fourth-order valence-electron chi connectivity index (χ4n) is 2.59. The van der Waals surface area contributed by atoms with Crippen LogP contribution in [0.1, 0.15) is 11.6 Å². The molecule has 0 atom stereocenters. The van der Waals surface area contributed by atoms with Crippen LogP contribution in [-0.2, 0) is 11.3 Å². The number of benzene rings is 1. The van der Waals surface area contributed by atoms with Gasteiger partial charge in [0.25, 0.3) is 0 Å². The van der Waals surface area contributed by atoms with Gasteiger partial charge in [-0.25, -0.2) is 0 Å². The van der Waals surface area contributed by atoms with Gasteiger partial charge in [-0.2, -0.15) is 10.2 Å². The fraction of sp³-hybridized carbons (Fsp3) is 0.412. The third-order valence-electron chi connectivity index (χ3n) is 3.93. The van der Waals surface area contributed by atoms with Crippen LogP contribution >= 0.6 is 11.6 Å². The molecule has 0 bridgehead atoms. The van der Waals surface area contributed by atoms with Crippen LogP contribution in [0.4, 0.5) is 5.88 Å². The number of anilines is 1. The Bertz CT molecular complexity index is 738. The van der Waals surface area contributed by atoms with Crippen molar-refractivity contribution in [3.8, 4) is 11.8 Å². The Morgan fingerprint density at radius 1 is 1.32 bits per heavy atom. The lowest BCUT2D eigenvalue weighted by molar-refractivity contribution is -0.906. The summed E-state index contributed by atoms with van der Waals surface area (Å²) in [6, 6.07) is 9.20. The summed E-state index contributed by atoms with van der Waals surface area (Å²) in [7, 11) is 0. The summed E-state index contributed by atoms with van der Waals surface area (Å²) < 4.78 is 16.5. The summed E-state index contributed by atoms with van der Waals surface area (Å²) in [5.74, 6) is 1.26. The van der Waals surface area contributed by atoms with Crippen LogP contribution in [0.25, 0.3) is 0 Å². The maximum absolute atomic E-state index is 9.21. The quantitative estimate of drug-likeness (QED) is 0.766. The SMILES string of the molecule is N#Cc1nc(COc2ccccc2Cl)oc1NCC[NH+]1CCOCC1. The van der Waals surface area contributed by atoms with Crippen molar-refractivity contribution >= 4 is 17.5 Å². The van der Waals surface area contributed by atoms with E-state index >= 15 is 0 Å². The van der Waals surface area contributed by atoms with Gasteiger partial charge in [0.2, 0.25) is 17.5 Å². The van der Waals surface area contributed by atoms with E-state index in [1.54, 1.807) is 12.1 Å². The second-order valence-corrected chi connectivity index (χ2v) is 6.06. The molecule has 2 heterocycles. The number of hydrogen-bond acceptors (Lipinski definition) is 6. The number of hydrogen-bond donors (Lipinski definition) is 2. The van der Waals surface area contributed by atoms with E-state index in [1.807, 2.05) is 18.2 Å². The van der Waals surface area contributed by atoms with E-state index in [1.165, 1.54) is 4.90 Å².